The van der Waals surface area contributed by atoms with Crippen LogP contribution in [0.2, 0.25) is 0 Å². The van der Waals surface area contributed by atoms with Gasteiger partial charge in [-0.3, -0.25) is 5.10 Å². The van der Waals surface area contributed by atoms with Gasteiger partial charge >= 0.3 is 0 Å². The molecule has 1 aliphatic heterocycles. The highest BCUT2D eigenvalue weighted by atomic mass is 16.5. The predicted octanol–water partition coefficient (Wildman–Crippen LogP) is 0.633. The molecule has 4 nitrogen and oxygen atoms in total. The molecule has 0 saturated carbocycles. The summed E-state index contributed by atoms with van der Waals surface area (Å²) in [7, 11) is 0. The summed E-state index contributed by atoms with van der Waals surface area (Å²) in [5, 5.41) is 10.3. The minimum Gasteiger partial charge on any atom is -0.369 e. The number of aromatic amines is 1. The van der Waals surface area contributed by atoms with E-state index in [9.17, 15) is 0 Å². The molecule has 1 aromatic rings. The zero-order valence-electron chi connectivity index (χ0n) is 7.84. The first kappa shape index (κ1) is 8.72. The van der Waals surface area contributed by atoms with Crippen LogP contribution in [-0.2, 0) is 11.2 Å². The van der Waals surface area contributed by atoms with Crippen LogP contribution in [0, 0.1) is 0 Å². The first-order chi connectivity index (χ1) is 6.42. The maximum atomic E-state index is 5.63. The number of nitrogens with one attached hydrogen (secondary N) is 2. The van der Waals surface area contributed by atoms with E-state index in [1.807, 2.05) is 6.20 Å². The molecule has 1 aliphatic rings. The Hall–Kier alpha value is -0.870. The minimum absolute atomic E-state index is 0.159. The molecule has 2 rings (SSSR count). The fraction of sp³-hybridized carbons (Fsp3) is 0.667. The number of H-pyrrole nitrogens is 1. The highest BCUT2D eigenvalue weighted by molar-refractivity contribution is 5.19. The summed E-state index contributed by atoms with van der Waals surface area (Å²) >= 11 is 0. The number of hydrogen-bond acceptors (Lipinski definition) is 3. The van der Waals surface area contributed by atoms with Gasteiger partial charge in [0.25, 0.3) is 0 Å². The third-order valence-corrected chi connectivity index (χ3v) is 2.38. The number of aryl methyl sites for hydroxylation is 1. The molecule has 2 N–H and O–H groups in total. The molecule has 1 fully saturated rings. The van der Waals surface area contributed by atoms with E-state index in [2.05, 4.69) is 22.4 Å². The van der Waals surface area contributed by atoms with Crippen LogP contribution >= 0.6 is 0 Å². The van der Waals surface area contributed by atoms with Crippen molar-refractivity contribution in [2.75, 3.05) is 19.7 Å². The molecule has 2 heterocycles. The molecule has 1 atom stereocenters. The number of nitrogens with zero attached hydrogens (tertiary/aromatic N) is 1. The van der Waals surface area contributed by atoms with E-state index in [0.29, 0.717) is 0 Å². The van der Waals surface area contributed by atoms with Gasteiger partial charge in [0.2, 0.25) is 0 Å². The topological polar surface area (TPSA) is 49.9 Å². The number of hydrogen-bond donors (Lipinski definition) is 2. The summed E-state index contributed by atoms with van der Waals surface area (Å²) in [6.07, 6.45) is 3.05. The van der Waals surface area contributed by atoms with Crippen molar-refractivity contribution < 1.29 is 4.74 Å². The number of aromatic nitrogens is 2. The van der Waals surface area contributed by atoms with Gasteiger partial charge in [0.1, 0.15) is 6.10 Å². The zero-order valence-corrected chi connectivity index (χ0v) is 7.84. The maximum absolute atomic E-state index is 5.63. The van der Waals surface area contributed by atoms with Crippen LogP contribution in [0.4, 0.5) is 0 Å². The third kappa shape index (κ3) is 1.73. The minimum atomic E-state index is 0.159. The van der Waals surface area contributed by atoms with E-state index < -0.39 is 0 Å². The van der Waals surface area contributed by atoms with E-state index in [1.165, 1.54) is 5.56 Å². The predicted molar refractivity (Wildman–Crippen MR) is 49.5 cm³/mol. The van der Waals surface area contributed by atoms with Crippen LogP contribution in [0.25, 0.3) is 0 Å². The lowest BCUT2D eigenvalue weighted by Crippen LogP contribution is -2.33. The molecular formula is C9H15N3O. The Labute approximate surface area is 77.7 Å². The second-order valence-electron chi connectivity index (χ2n) is 3.23. The van der Waals surface area contributed by atoms with Crippen LogP contribution < -0.4 is 5.32 Å². The van der Waals surface area contributed by atoms with Crippen LogP contribution in [0.1, 0.15) is 24.3 Å². The number of rotatable bonds is 2. The standard InChI is InChI=1S/C9H15N3O/c1-2-7-5-11-12-9(7)8-6-10-3-4-13-8/h5,8,10H,2-4,6H2,1H3,(H,11,12). The van der Waals surface area contributed by atoms with Gasteiger partial charge in [0.15, 0.2) is 0 Å². The first-order valence-corrected chi connectivity index (χ1v) is 4.76. The Morgan fingerprint density at radius 3 is 3.31 bits per heavy atom. The average molecular weight is 181 g/mol. The molecule has 0 aliphatic carbocycles. The van der Waals surface area contributed by atoms with E-state index in [4.69, 9.17) is 4.74 Å². The van der Waals surface area contributed by atoms with Gasteiger partial charge in [-0.2, -0.15) is 5.10 Å². The lowest BCUT2D eigenvalue weighted by atomic mass is 10.1. The van der Waals surface area contributed by atoms with Gasteiger partial charge < -0.3 is 10.1 Å². The highest BCUT2D eigenvalue weighted by Gasteiger charge is 2.19. The van der Waals surface area contributed by atoms with Crippen molar-refractivity contribution in [3.8, 4) is 0 Å². The zero-order chi connectivity index (χ0) is 9.10. The fourth-order valence-electron chi connectivity index (χ4n) is 1.63. The van der Waals surface area contributed by atoms with Gasteiger partial charge in [0, 0.05) is 13.1 Å². The van der Waals surface area contributed by atoms with Crippen LogP contribution in [0.3, 0.4) is 0 Å². The van der Waals surface area contributed by atoms with Gasteiger partial charge in [0.05, 0.1) is 18.5 Å². The molecule has 0 bridgehead atoms. The third-order valence-electron chi connectivity index (χ3n) is 2.38. The molecule has 1 unspecified atom stereocenters. The Morgan fingerprint density at radius 2 is 2.62 bits per heavy atom. The van der Waals surface area contributed by atoms with Gasteiger partial charge in [-0.1, -0.05) is 6.92 Å². The SMILES string of the molecule is CCc1cn[nH]c1C1CNCCO1. The molecule has 0 amide bonds. The Morgan fingerprint density at radius 1 is 1.69 bits per heavy atom. The Bertz CT molecular complexity index is 266. The van der Waals surface area contributed by atoms with Crippen molar-refractivity contribution in [1.82, 2.24) is 15.5 Å². The van der Waals surface area contributed by atoms with Gasteiger partial charge in [-0.25, -0.2) is 0 Å². The Kier molecular flexibility index (Phi) is 2.61. The van der Waals surface area contributed by atoms with Crippen LogP contribution in [0.5, 0.6) is 0 Å². The largest absolute Gasteiger partial charge is 0.369 e. The molecule has 13 heavy (non-hydrogen) atoms. The molecule has 1 aromatic heterocycles. The normalized spacial score (nSPS) is 23.3. The molecule has 0 spiro atoms. The summed E-state index contributed by atoms with van der Waals surface area (Å²) in [5.74, 6) is 0. The lowest BCUT2D eigenvalue weighted by molar-refractivity contribution is 0.0245. The van der Waals surface area contributed by atoms with Gasteiger partial charge in [-0.15, -0.1) is 0 Å². The summed E-state index contributed by atoms with van der Waals surface area (Å²) in [6.45, 7) is 4.75. The fourth-order valence-corrected chi connectivity index (χ4v) is 1.63. The van der Waals surface area contributed by atoms with Crippen LogP contribution in [0.15, 0.2) is 6.20 Å². The van der Waals surface area contributed by atoms with Crippen molar-refractivity contribution in [1.29, 1.82) is 0 Å². The Balaban J connectivity index is 2.13. The highest BCUT2D eigenvalue weighted by Crippen LogP contribution is 2.20. The first-order valence-electron chi connectivity index (χ1n) is 4.76. The quantitative estimate of drug-likeness (QED) is 0.703. The number of ether oxygens (including phenoxy) is 1. The summed E-state index contributed by atoms with van der Waals surface area (Å²) < 4.78 is 5.63. The van der Waals surface area contributed by atoms with E-state index in [0.717, 1.165) is 31.8 Å². The van der Waals surface area contributed by atoms with Crippen molar-refractivity contribution in [3.05, 3.63) is 17.5 Å². The lowest BCUT2D eigenvalue weighted by Gasteiger charge is -2.23. The second-order valence-corrected chi connectivity index (χ2v) is 3.23. The molecule has 72 valence electrons. The molecule has 0 radical (unpaired) electrons. The monoisotopic (exact) mass is 181 g/mol. The van der Waals surface area contributed by atoms with Crippen molar-refractivity contribution in [2.45, 2.75) is 19.4 Å². The van der Waals surface area contributed by atoms with Crippen LogP contribution in [-0.4, -0.2) is 29.9 Å². The molecular weight excluding hydrogens is 166 g/mol. The molecule has 0 aromatic carbocycles. The average Bonchev–Trinajstić information content (AvgIpc) is 2.67. The van der Waals surface area contributed by atoms with Crippen molar-refractivity contribution in [3.63, 3.8) is 0 Å². The van der Waals surface area contributed by atoms with E-state index >= 15 is 0 Å². The smallest absolute Gasteiger partial charge is 0.112 e. The molecule has 1 saturated heterocycles. The second kappa shape index (κ2) is 3.89. The van der Waals surface area contributed by atoms with Gasteiger partial charge in [-0.05, 0) is 12.0 Å². The summed E-state index contributed by atoms with van der Waals surface area (Å²) in [6, 6.07) is 0. The maximum Gasteiger partial charge on any atom is 0.112 e. The van der Waals surface area contributed by atoms with E-state index in [-0.39, 0.29) is 6.10 Å². The van der Waals surface area contributed by atoms with Crippen molar-refractivity contribution >= 4 is 0 Å². The number of morpholine rings is 1. The molecule has 4 heteroatoms. The summed E-state index contributed by atoms with van der Waals surface area (Å²) in [4.78, 5) is 0. The summed E-state index contributed by atoms with van der Waals surface area (Å²) in [5.41, 5.74) is 2.39. The van der Waals surface area contributed by atoms with E-state index in [1.54, 1.807) is 0 Å². The van der Waals surface area contributed by atoms with Crippen molar-refractivity contribution in [2.24, 2.45) is 0 Å².